The van der Waals surface area contributed by atoms with Crippen LogP contribution in [0.5, 0.6) is 0 Å². The molecular weight excluding hydrogens is 326 g/mol. The lowest BCUT2D eigenvalue weighted by Gasteiger charge is -2.08. The smallest absolute Gasteiger partial charge is 0.358 e. The molecule has 0 aliphatic carbocycles. The van der Waals surface area contributed by atoms with Crippen molar-refractivity contribution in [3.05, 3.63) is 65.2 Å². The summed E-state index contributed by atoms with van der Waals surface area (Å²) in [5, 5.41) is 3.71. The molecule has 0 heterocycles. The maximum absolute atomic E-state index is 12.2. The van der Waals surface area contributed by atoms with E-state index in [1.807, 2.05) is 38.1 Å². The van der Waals surface area contributed by atoms with E-state index in [4.69, 9.17) is 9.02 Å². The van der Waals surface area contributed by atoms with Crippen LogP contribution < -0.4 is 0 Å². The average Bonchev–Trinajstić information content (AvgIpc) is 2.55. The minimum Gasteiger partial charge on any atom is -0.479 e. The number of rotatable bonds is 6. The molecule has 5 nitrogen and oxygen atoms in total. The minimum absolute atomic E-state index is 0.0584. The Morgan fingerprint density at radius 2 is 1.50 bits per heavy atom. The highest BCUT2D eigenvalue weighted by atomic mass is 32.2. The third kappa shape index (κ3) is 5.09. The van der Waals surface area contributed by atoms with Crippen LogP contribution in [-0.2, 0) is 25.6 Å². The van der Waals surface area contributed by atoms with Gasteiger partial charge in [0.1, 0.15) is 4.90 Å². The van der Waals surface area contributed by atoms with Crippen molar-refractivity contribution in [3.63, 3.8) is 0 Å². The molecule has 0 N–H and O–H groups in total. The van der Waals surface area contributed by atoms with Crippen LogP contribution in [0.3, 0.4) is 0 Å². The van der Waals surface area contributed by atoms with Gasteiger partial charge in [0.25, 0.3) is 0 Å². The maximum Gasteiger partial charge on any atom is 0.358 e. The molecule has 0 amide bonds. The van der Waals surface area contributed by atoms with Crippen molar-refractivity contribution >= 4 is 16.0 Å². The van der Waals surface area contributed by atoms with E-state index < -0.39 is 10.1 Å². The fraction of sp³-hybridized carbons (Fsp3) is 0.278. The molecule has 0 aromatic heterocycles. The molecule has 24 heavy (non-hydrogen) atoms. The van der Waals surface area contributed by atoms with E-state index in [2.05, 4.69) is 5.16 Å². The number of aryl methyl sites for hydroxylation is 2. The number of hydrogen-bond donors (Lipinski definition) is 0. The van der Waals surface area contributed by atoms with Gasteiger partial charge in [-0.2, -0.15) is 8.42 Å². The van der Waals surface area contributed by atoms with Gasteiger partial charge in [0.2, 0.25) is 5.90 Å². The summed E-state index contributed by atoms with van der Waals surface area (Å²) >= 11 is 0. The van der Waals surface area contributed by atoms with Gasteiger partial charge in [-0.05, 0) is 43.6 Å². The summed E-state index contributed by atoms with van der Waals surface area (Å²) in [5.41, 5.74) is 3.07. The Hall–Kier alpha value is -2.34. The van der Waals surface area contributed by atoms with E-state index in [1.54, 1.807) is 19.1 Å². The Kier molecular flexibility index (Phi) is 5.98. The van der Waals surface area contributed by atoms with E-state index in [9.17, 15) is 8.42 Å². The highest BCUT2D eigenvalue weighted by Crippen LogP contribution is 2.14. The molecule has 0 saturated heterocycles. The maximum atomic E-state index is 12.2. The summed E-state index contributed by atoms with van der Waals surface area (Å²) in [4.78, 5) is 0.0584. The first-order chi connectivity index (χ1) is 11.4. The molecule has 0 atom stereocenters. The quantitative estimate of drug-likeness (QED) is 0.455. The van der Waals surface area contributed by atoms with Crippen molar-refractivity contribution in [2.45, 2.75) is 32.1 Å². The standard InChI is InChI=1S/C18H21NO4S/c1-4-22-18(13-16-9-5-14(2)6-10-16)19-23-24(20,21)17-11-7-15(3)8-12-17/h5-12H,4,13H2,1-3H3/b19-18-. The lowest BCUT2D eigenvalue weighted by Crippen LogP contribution is -2.11. The van der Waals surface area contributed by atoms with Crippen LogP contribution in [0.4, 0.5) is 0 Å². The number of ether oxygens (including phenoxy) is 1. The monoisotopic (exact) mass is 347 g/mol. The van der Waals surface area contributed by atoms with E-state index in [0.717, 1.165) is 16.7 Å². The van der Waals surface area contributed by atoms with E-state index in [0.29, 0.717) is 13.0 Å². The van der Waals surface area contributed by atoms with Crippen LogP contribution in [0, 0.1) is 13.8 Å². The van der Waals surface area contributed by atoms with Gasteiger partial charge >= 0.3 is 10.1 Å². The molecule has 0 aliphatic heterocycles. The summed E-state index contributed by atoms with van der Waals surface area (Å²) in [6.07, 6.45) is 0.359. The predicted molar refractivity (Wildman–Crippen MR) is 93.4 cm³/mol. The number of oxime groups is 1. The molecule has 0 bridgehead atoms. The average molecular weight is 347 g/mol. The highest BCUT2D eigenvalue weighted by Gasteiger charge is 2.16. The van der Waals surface area contributed by atoms with Crippen molar-refractivity contribution in [1.29, 1.82) is 0 Å². The first-order valence-corrected chi connectivity index (χ1v) is 9.07. The summed E-state index contributed by atoms with van der Waals surface area (Å²) in [6.45, 7) is 6.06. The second kappa shape index (κ2) is 7.97. The molecule has 0 spiro atoms. The summed E-state index contributed by atoms with van der Waals surface area (Å²) < 4.78 is 34.5. The van der Waals surface area contributed by atoms with Gasteiger partial charge in [0.15, 0.2) is 0 Å². The summed E-state index contributed by atoms with van der Waals surface area (Å²) in [5.74, 6) is 0.219. The van der Waals surface area contributed by atoms with Gasteiger partial charge in [0.05, 0.1) is 13.0 Å². The molecule has 6 heteroatoms. The lowest BCUT2D eigenvalue weighted by atomic mass is 10.1. The fourth-order valence-corrected chi connectivity index (χ4v) is 2.73. The van der Waals surface area contributed by atoms with E-state index in [1.165, 1.54) is 12.1 Å². The van der Waals surface area contributed by atoms with E-state index in [-0.39, 0.29) is 10.8 Å². The van der Waals surface area contributed by atoms with Gasteiger partial charge in [0, 0.05) is 0 Å². The van der Waals surface area contributed by atoms with Gasteiger partial charge in [-0.15, -0.1) is 0 Å². The molecule has 0 unspecified atom stereocenters. The van der Waals surface area contributed by atoms with Crippen molar-refractivity contribution in [3.8, 4) is 0 Å². The molecule has 0 saturated carbocycles. The summed E-state index contributed by atoms with van der Waals surface area (Å²) in [7, 11) is -3.96. The number of benzene rings is 2. The molecule has 128 valence electrons. The molecule has 0 fully saturated rings. The second-order valence-electron chi connectivity index (χ2n) is 5.42. The number of hydrogen-bond acceptors (Lipinski definition) is 5. The van der Waals surface area contributed by atoms with Gasteiger partial charge < -0.3 is 4.74 Å². The van der Waals surface area contributed by atoms with Gasteiger partial charge in [-0.3, -0.25) is 4.28 Å². The van der Waals surface area contributed by atoms with E-state index >= 15 is 0 Å². The zero-order chi connectivity index (χ0) is 17.6. The Bertz CT molecular complexity index is 794. The highest BCUT2D eigenvalue weighted by molar-refractivity contribution is 7.86. The molecule has 2 aromatic rings. The molecule has 0 aliphatic rings. The lowest BCUT2D eigenvalue weighted by molar-refractivity contribution is 0.274. The molecular formula is C18H21NO4S. The normalized spacial score (nSPS) is 12.0. The molecule has 2 aromatic carbocycles. The van der Waals surface area contributed by atoms with Crippen molar-refractivity contribution in [2.75, 3.05) is 6.61 Å². The van der Waals surface area contributed by atoms with Crippen LogP contribution in [0.25, 0.3) is 0 Å². The molecule has 2 rings (SSSR count). The van der Waals surface area contributed by atoms with Crippen molar-refractivity contribution < 1.29 is 17.4 Å². The summed E-state index contributed by atoms with van der Waals surface area (Å²) in [6, 6.07) is 14.2. The Morgan fingerprint density at radius 1 is 0.958 bits per heavy atom. The van der Waals surface area contributed by atoms with Crippen molar-refractivity contribution in [2.24, 2.45) is 5.16 Å². The topological polar surface area (TPSA) is 65.0 Å². The first-order valence-electron chi connectivity index (χ1n) is 7.66. The van der Waals surface area contributed by atoms with Crippen LogP contribution in [0.2, 0.25) is 0 Å². The third-order valence-electron chi connectivity index (χ3n) is 3.33. The van der Waals surface area contributed by atoms with Crippen LogP contribution >= 0.6 is 0 Å². The van der Waals surface area contributed by atoms with Gasteiger partial charge in [-0.25, -0.2) is 0 Å². The number of nitrogens with zero attached hydrogens (tertiary/aromatic N) is 1. The second-order valence-corrected chi connectivity index (χ2v) is 6.95. The Balaban J connectivity index is 2.15. The van der Waals surface area contributed by atoms with Crippen LogP contribution in [0.1, 0.15) is 23.6 Å². The Labute approximate surface area is 143 Å². The SMILES string of the molecule is CCO/C(Cc1ccc(C)cc1)=N\OS(=O)(=O)c1ccc(C)cc1. The Morgan fingerprint density at radius 3 is 2.04 bits per heavy atom. The predicted octanol–water partition coefficient (Wildman–Crippen LogP) is 3.60. The minimum atomic E-state index is -3.96. The third-order valence-corrected chi connectivity index (χ3v) is 4.45. The van der Waals surface area contributed by atoms with Crippen LogP contribution in [0.15, 0.2) is 58.6 Å². The largest absolute Gasteiger partial charge is 0.479 e. The van der Waals surface area contributed by atoms with Crippen LogP contribution in [-0.4, -0.2) is 20.9 Å². The first kappa shape index (κ1) is 18.0. The zero-order valence-corrected chi connectivity index (χ0v) is 14.8. The molecule has 0 radical (unpaired) electrons. The van der Waals surface area contributed by atoms with Gasteiger partial charge in [-0.1, -0.05) is 47.5 Å². The fourth-order valence-electron chi connectivity index (χ4n) is 2.00. The van der Waals surface area contributed by atoms with Crippen molar-refractivity contribution in [1.82, 2.24) is 0 Å². The zero-order valence-electron chi connectivity index (χ0n) is 14.0.